The van der Waals surface area contributed by atoms with E-state index in [1.165, 1.54) is 17.4 Å². The van der Waals surface area contributed by atoms with E-state index in [1.54, 1.807) is 47.8 Å². The van der Waals surface area contributed by atoms with Gasteiger partial charge in [-0.3, -0.25) is 25.8 Å². The van der Waals surface area contributed by atoms with Crippen LogP contribution in [-0.2, 0) is 0 Å². The predicted molar refractivity (Wildman–Crippen MR) is 104 cm³/mol. The summed E-state index contributed by atoms with van der Waals surface area (Å²) in [6, 6.07) is 13.7. The van der Waals surface area contributed by atoms with Crippen molar-refractivity contribution in [1.29, 1.82) is 0 Å². The Kier molecular flexibility index (Phi) is 5.67. The molecule has 9 heteroatoms. The summed E-state index contributed by atoms with van der Waals surface area (Å²) in [6.07, 6.45) is 0. The van der Waals surface area contributed by atoms with Crippen LogP contribution in [-0.4, -0.2) is 16.9 Å². The van der Waals surface area contributed by atoms with Gasteiger partial charge in [0.1, 0.15) is 5.76 Å². The van der Waals surface area contributed by atoms with Gasteiger partial charge in [-0.25, -0.2) is 0 Å². The van der Waals surface area contributed by atoms with Crippen molar-refractivity contribution in [3.63, 3.8) is 0 Å². The Bertz CT molecular complexity index is 937. The zero-order valence-corrected chi connectivity index (χ0v) is 15.5. The largest absolute Gasteiger partial charge is 0.451 e. The Morgan fingerprint density at radius 1 is 1.00 bits per heavy atom. The highest BCUT2D eigenvalue weighted by molar-refractivity contribution is 7.80. The van der Waals surface area contributed by atoms with Crippen LogP contribution in [0.15, 0.2) is 58.3 Å². The summed E-state index contributed by atoms with van der Waals surface area (Å²) in [4.78, 5) is 24.5. The van der Waals surface area contributed by atoms with E-state index in [4.69, 9.17) is 28.2 Å². The van der Waals surface area contributed by atoms with Crippen LogP contribution in [0.4, 0.5) is 0 Å². The van der Waals surface area contributed by atoms with Crippen molar-refractivity contribution in [3.05, 3.63) is 69.6 Å². The lowest BCUT2D eigenvalue weighted by Crippen LogP contribution is -2.48. The summed E-state index contributed by atoms with van der Waals surface area (Å²) in [5.74, 6) is -0.270. The van der Waals surface area contributed by atoms with Gasteiger partial charge in [-0.15, -0.1) is 11.3 Å². The molecule has 3 rings (SSSR count). The molecule has 0 aliphatic heterocycles. The quantitative estimate of drug-likeness (QED) is 0.458. The molecule has 0 bridgehead atoms. The molecule has 3 N–H and O–H groups in total. The van der Waals surface area contributed by atoms with Gasteiger partial charge in [0, 0.05) is 10.6 Å². The first-order valence-electron chi connectivity index (χ1n) is 7.34. The lowest BCUT2D eigenvalue weighted by Gasteiger charge is -2.09. The van der Waals surface area contributed by atoms with E-state index in [9.17, 15) is 9.59 Å². The second-order valence-corrected chi connectivity index (χ2v) is 6.80. The molecule has 2 heterocycles. The number of benzene rings is 1. The molecule has 26 heavy (non-hydrogen) atoms. The summed E-state index contributed by atoms with van der Waals surface area (Å²) in [5.41, 5.74) is 5.66. The van der Waals surface area contributed by atoms with Crippen LogP contribution >= 0.6 is 35.2 Å². The number of rotatable bonds is 3. The van der Waals surface area contributed by atoms with Crippen LogP contribution < -0.4 is 16.2 Å². The molecule has 2 amide bonds. The summed E-state index contributed by atoms with van der Waals surface area (Å²) < 4.78 is 5.53. The Balaban J connectivity index is 1.55. The number of nitrogens with one attached hydrogen (secondary N) is 3. The fraction of sp³-hybridized carbons (Fsp3) is 0. The van der Waals surface area contributed by atoms with Gasteiger partial charge in [-0.2, -0.15) is 0 Å². The third-order valence-electron chi connectivity index (χ3n) is 3.22. The highest BCUT2D eigenvalue weighted by Crippen LogP contribution is 2.23. The maximum atomic E-state index is 12.2. The molecule has 132 valence electrons. The number of carbonyl (C=O) groups excluding carboxylic acids is 2. The van der Waals surface area contributed by atoms with Gasteiger partial charge >= 0.3 is 0 Å². The minimum atomic E-state index is -0.534. The highest BCUT2D eigenvalue weighted by Gasteiger charge is 2.14. The Morgan fingerprint density at radius 3 is 2.46 bits per heavy atom. The molecule has 3 aromatic rings. The van der Waals surface area contributed by atoms with Crippen molar-refractivity contribution in [2.75, 3.05) is 0 Å². The number of thiophene rings is 1. The highest BCUT2D eigenvalue weighted by atomic mass is 35.5. The summed E-state index contributed by atoms with van der Waals surface area (Å²) in [5, 5.41) is 4.77. The first-order valence-corrected chi connectivity index (χ1v) is 9.00. The fourth-order valence-electron chi connectivity index (χ4n) is 2.01. The topological polar surface area (TPSA) is 83.4 Å². The van der Waals surface area contributed by atoms with Gasteiger partial charge in [0.2, 0.25) is 0 Å². The minimum absolute atomic E-state index is 0.0515. The summed E-state index contributed by atoms with van der Waals surface area (Å²) in [6.45, 7) is 0. The van der Waals surface area contributed by atoms with E-state index in [0.717, 1.165) is 5.56 Å². The van der Waals surface area contributed by atoms with Crippen molar-refractivity contribution in [2.45, 2.75) is 0 Å². The van der Waals surface area contributed by atoms with Crippen LogP contribution in [0.3, 0.4) is 0 Å². The second-order valence-electron chi connectivity index (χ2n) is 5.01. The lowest BCUT2D eigenvalue weighted by molar-refractivity contribution is 0.0929. The zero-order valence-electron chi connectivity index (χ0n) is 13.1. The average Bonchev–Trinajstić information content (AvgIpc) is 3.32. The van der Waals surface area contributed by atoms with Crippen molar-refractivity contribution < 1.29 is 14.0 Å². The molecule has 2 aromatic heterocycles. The van der Waals surface area contributed by atoms with Crippen molar-refractivity contribution in [3.8, 4) is 11.3 Å². The van der Waals surface area contributed by atoms with E-state index in [-0.39, 0.29) is 16.8 Å². The smallest absolute Gasteiger partial charge is 0.293 e. The Labute approximate surface area is 163 Å². The van der Waals surface area contributed by atoms with Gasteiger partial charge < -0.3 is 4.42 Å². The maximum absolute atomic E-state index is 12.2. The van der Waals surface area contributed by atoms with E-state index in [0.29, 0.717) is 15.7 Å². The predicted octanol–water partition coefficient (Wildman–Crippen LogP) is 3.61. The Hall–Kier alpha value is -2.68. The number of amides is 2. The first kappa shape index (κ1) is 18.1. The number of carbonyl (C=O) groups is 2. The molecule has 0 saturated heterocycles. The SMILES string of the molecule is O=C(NC(=S)NNC(=O)c1cccs1)c1ccc(-c2ccc(Cl)cc2)o1. The van der Waals surface area contributed by atoms with Crippen molar-refractivity contribution in [1.82, 2.24) is 16.2 Å². The Morgan fingerprint density at radius 2 is 1.77 bits per heavy atom. The molecular formula is C17H12ClN3O3S2. The fourth-order valence-corrected chi connectivity index (χ4v) is 2.90. The molecule has 0 unspecified atom stereocenters. The molecular weight excluding hydrogens is 394 g/mol. The second kappa shape index (κ2) is 8.13. The number of hydrogen-bond acceptors (Lipinski definition) is 5. The van der Waals surface area contributed by atoms with E-state index < -0.39 is 5.91 Å². The van der Waals surface area contributed by atoms with Gasteiger partial charge in [0.15, 0.2) is 10.9 Å². The number of furan rings is 1. The van der Waals surface area contributed by atoms with Crippen LogP contribution in [0.5, 0.6) is 0 Å². The van der Waals surface area contributed by atoms with E-state index in [2.05, 4.69) is 16.2 Å². The normalized spacial score (nSPS) is 10.2. The van der Waals surface area contributed by atoms with E-state index >= 15 is 0 Å². The molecule has 0 spiro atoms. The van der Waals surface area contributed by atoms with Crippen LogP contribution in [0.1, 0.15) is 20.2 Å². The van der Waals surface area contributed by atoms with Crippen LogP contribution in [0.2, 0.25) is 5.02 Å². The van der Waals surface area contributed by atoms with Crippen LogP contribution in [0, 0.1) is 0 Å². The standard InChI is InChI=1S/C17H12ClN3O3S2/c18-11-5-3-10(4-6-11)12-7-8-13(24-12)15(22)19-17(25)21-20-16(23)14-2-1-9-26-14/h1-9H,(H,20,23)(H2,19,21,22,25). The number of hydrogen-bond donors (Lipinski definition) is 3. The molecule has 0 aliphatic rings. The van der Waals surface area contributed by atoms with Gasteiger partial charge in [-0.05, 0) is 60.1 Å². The monoisotopic (exact) mass is 405 g/mol. The minimum Gasteiger partial charge on any atom is -0.451 e. The maximum Gasteiger partial charge on any atom is 0.293 e. The molecule has 0 fully saturated rings. The molecule has 0 aliphatic carbocycles. The number of halogens is 1. The van der Waals surface area contributed by atoms with Gasteiger partial charge in [0.25, 0.3) is 11.8 Å². The molecule has 0 saturated carbocycles. The summed E-state index contributed by atoms with van der Waals surface area (Å²) in [7, 11) is 0. The third-order valence-corrected chi connectivity index (χ3v) is 4.54. The van der Waals surface area contributed by atoms with Gasteiger partial charge in [-0.1, -0.05) is 17.7 Å². The van der Waals surface area contributed by atoms with Crippen molar-refractivity contribution in [2.24, 2.45) is 0 Å². The summed E-state index contributed by atoms with van der Waals surface area (Å²) >= 11 is 12.1. The molecule has 0 atom stereocenters. The zero-order chi connectivity index (χ0) is 18.5. The van der Waals surface area contributed by atoms with Crippen LogP contribution in [0.25, 0.3) is 11.3 Å². The number of thiocarbonyl (C=S) groups is 1. The number of hydrazine groups is 1. The lowest BCUT2D eigenvalue weighted by atomic mass is 10.2. The van der Waals surface area contributed by atoms with Crippen molar-refractivity contribution >= 4 is 52.1 Å². The molecule has 0 radical (unpaired) electrons. The van der Waals surface area contributed by atoms with E-state index in [1.807, 2.05) is 0 Å². The first-order chi connectivity index (χ1) is 12.5. The molecule has 6 nitrogen and oxygen atoms in total. The third kappa shape index (κ3) is 4.48. The van der Waals surface area contributed by atoms with Gasteiger partial charge in [0.05, 0.1) is 4.88 Å². The molecule has 1 aromatic carbocycles. The average molecular weight is 406 g/mol.